The van der Waals surface area contributed by atoms with Gasteiger partial charge in [0.05, 0.1) is 12.2 Å². The lowest BCUT2D eigenvalue weighted by Crippen LogP contribution is -2.35. The lowest BCUT2D eigenvalue weighted by molar-refractivity contribution is 0.132. The SMILES string of the molecule is Brc1ccc2c(c1)OC(COc1ccccc1)CN2. The average molecular weight is 320 g/mol. The molecule has 0 bridgehead atoms. The van der Waals surface area contributed by atoms with Crippen LogP contribution in [0, 0.1) is 0 Å². The average Bonchev–Trinajstić information content (AvgIpc) is 2.46. The molecule has 3 nitrogen and oxygen atoms in total. The van der Waals surface area contributed by atoms with Crippen molar-refractivity contribution in [3.8, 4) is 11.5 Å². The van der Waals surface area contributed by atoms with E-state index >= 15 is 0 Å². The van der Waals surface area contributed by atoms with Gasteiger partial charge >= 0.3 is 0 Å². The first kappa shape index (κ1) is 12.4. The molecule has 2 aromatic rings. The highest BCUT2D eigenvalue weighted by atomic mass is 79.9. The fraction of sp³-hybridized carbons (Fsp3) is 0.200. The predicted octanol–water partition coefficient (Wildman–Crippen LogP) is 3.70. The molecule has 0 radical (unpaired) electrons. The number of halogens is 1. The van der Waals surface area contributed by atoms with E-state index in [0.29, 0.717) is 6.61 Å². The van der Waals surface area contributed by atoms with Crippen LogP contribution < -0.4 is 14.8 Å². The second-order valence-electron chi connectivity index (χ2n) is 4.39. The molecule has 4 heteroatoms. The highest BCUT2D eigenvalue weighted by Crippen LogP contribution is 2.31. The van der Waals surface area contributed by atoms with Crippen molar-refractivity contribution in [3.05, 3.63) is 53.0 Å². The fourth-order valence-corrected chi connectivity index (χ4v) is 2.32. The molecular formula is C15H14BrNO2. The van der Waals surface area contributed by atoms with Crippen molar-refractivity contribution in [2.75, 3.05) is 18.5 Å². The van der Waals surface area contributed by atoms with Crippen LogP contribution in [0.1, 0.15) is 0 Å². The van der Waals surface area contributed by atoms with E-state index in [2.05, 4.69) is 21.2 Å². The zero-order valence-corrected chi connectivity index (χ0v) is 11.9. The Hall–Kier alpha value is -1.68. The Morgan fingerprint density at radius 2 is 2.05 bits per heavy atom. The standard InChI is InChI=1S/C15H14BrNO2/c16-11-6-7-14-15(8-11)19-13(9-17-14)10-18-12-4-2-1-3-5-12/h1-8,13,17H,9-10H2. The van der Waals surface area contributed by atoms with E-state index in [1.807, 2.05) is 48.5 Å². The topological polar surface area (TPSA) is 30.5 Å². The smallest absolute Gasteiger partial charge is 0.150 e. The molecule has 98 valence electrons. The summed E-state index contributed by atoms with van der Waals surface area (Å²) in [5, 5.41) is 3.35. The lowest BCUT2D eigenvalue weighted by Gasteiger charge is -2.27. The highest BCUT2D eigenvalue weighted by Gasteiger charge is 2.19. The second kappa shape index (κ2) is 5.53. The maximum atomic E-state index is 5.92. The third-order valence-corrected chi connectivity index (χ3v) is 3.43. The van der Waals surface area contributed by atoms with Crippen LogP contribution in [-0.4, -0.2) is 19.3 Å². The molecule has 0 saturated carbocycles. The molecule has 0 fully saturated rings. The Morgan fingerprint density at radius 1 is 1.21 bits per heavy atom. The molecule has 0 aromatic heterocycles. The van der Waals surface area contributed by atoms with Gasteiger partial charge in [-0.3, -0.25) is 0 Å². The van der Waals surface area contributed by atoms with Crippen LogP contribution in [0.4, 0.5) is 5.69 Å². The van der Waals surface area contributed by atoms with Gasteiger partial charge in [-0.15, -0.1) is 0 Å². The van der Waals surface area contributed by atoms with Crippen LogP contribution >= 0.6 is 15.9 Å². The maximum Gasteiger partial charge on any atom is 0.150 e. The minimum absolute atomic E-state index is 0.0157. The molecular weight excluding hydrogens is 306 g/mol. The number of fused-ring (bicyclic) bond motifs is 1. The molecule has 0 saturated heterocycles. The van der Waals surface area contributed by atoms with Gasteiger partial charge in [-0.25, -0.2) is 0 Å². The van der Waals surface area contributed by atoms with E-state index in [-0.39, 0.29) is 6.10 Å². The van der Waals surface area contributed by atoms with Crippen molar-refractivity contribution in [2.24, 2.45) is 0 Å². The van der Waals surface area contributed by atoms with Crippen LogP contribution in [-0.2, 0) is 0 Å². The summed E-state index contributed by atoms with van der Waals surface area (Å²) in [6, 6.07) is 15.8. The molecule has 1 atom stereocenters. The van der Waals surface area contributed by atoms with Crippen molar-refractivity contribution in [2.45, 2.75) is 6.10 Å². The zero-order valence-electron chi connectivity index (χ0n) is 10.3. The molecule has 1 heterocycles. The molecule has 1 aliphatic heterocycles. The van der Waals surface area contributed by atoms with Gasteiger partial charge in [0, 0.05) is 4.47 Å². The highest BCUT2D eigenvalue weighted by molar-refractivity contribution is 9.10. The van der Waals surface area contributed by atoms with Crippen molar-refractivity contribution >= 4 is 21.6 Å². The van der Waals surface area contributed by atoms with Gasteiger partial charge in [0.15, 0.2) is 0 Å². The van der Waals surface area contributed by atoms with Crippen LogP contribution in [0.5, 0.6) is 11.5 Å². The quantitative estimate of drug-likeness (QED) is 0.935. The van der Waals surface area contributed by atoms with Crippen LogP contribution in [0.2, 0.25) is 0 Å². The van der Waals surface area contributed by atoms with E-state index in [1.165, 1.54) is 0 Å². The van der Waals surface area contributed by atoms with Crippen molar-refractivity contribution in [3.63, 3.8) is 0 Å². The molecule has 2 aromatic carbocycles. The van der Waals surface area contributed by atoms with E-state index in [9.17, 15) is 0 Å². The normalized spacial score (nSPS) is 17.0. The van der Waals surface area contributed by atoms with E-state index in [1.54, 1.807) is 0 Å². The molecule has 0 amide bonds. The summed E-state index contributed by atoms with van der Waals surface area (Å²) in [4.78, 5) is 0. The number of rotatable bonds is 3. The number of nitrogens with one attached hydrogen (secondary N) is 1. The second-order valence-corrected chi connectivity index (χ2v) is 5.30. The van der Waals surface area contributed by atoms with E-state index < -0.39 is 0 Å². The molecule has 1 aliphatic rings. The van der Waals surface area contributed by atoms with Crippen LogP contribution in [0.3, 0.4) is 0 Å². The van der Waals surface area contributed by atoms with Gasteiger partial charge < -0.3 is 14.8 Å². The first-order valence-electron chi connectivity index (χ1n) is 6.19. The molecule has 19 heavy (non-hydrogen) atoms. The molecule has 3 rings (SSSR count). The van der Waals surface area contributed by atoms with E-state index in [4.69, 9.17) is 9.47 Å². The number of benzene rings is 2. The molecule has 0 aliphatic carbocycles. The third kappa shape index (κ3) is 3.01. The number of ether oxygens (including phenoxy) is 2. The van der Waals surface area contributed by atoms with Gasteiger partial charge in [0.2, 0.25) is 0 Å². The molecule has 1 N–H and O–H groups in total. The van der Waals surface area contributed by atoms with Gasteiger partial charge in [0.25, 0.3) is 0 Å². The molecule has 1 unspecified atom stereocenters. The van der Waals surface area contributed by atoms with Crippen LogP contribution in [0.15, 0.2) is 53.0 Å². The number of hydrogen-bond donors (Lipinski definition) is 1. The summed E-state index contributed by atoms with van der Waals surface area (Å²) in [5.74, 6) is 1.73. The Kier molecular flexibility index (Phi) is 3.60. The van der Waals surface area contributed by atoms with Crippen LogP contribution in [0.25, 0.3) is 0 Å². The van der Waals surface area contributed by atoms with E-state index in [0.717, 1.165) is 28.2 Å². The summed E-state index contributed by atoms with van der Waals surface area (Å²) in [6.07, 6.45) is 0.0157. The minimum Gasteiger partial charge on any atom is -0.490 e. The number of para-hydroxylation sites is 1. The zero-order chi connectivity index (χ0) is 13.1. The van der Waals surface area contributed by atoms with Crippen molar-refractivity contribution in [1.29, 1.82) is 0 Å². The summed E-state index contributed by atoms with van der Waals surface area (Å²) in [7, 11) is 0. The summed E-state index contributed by atoms with van der Waals surface area (Å²) in [5.41, 5.74) is 1.03. The van der Waals surface area contributed by atoms with Gasteiger partial charge in [-0.1, -0.05) is 34.1 Å². The number of hydrogen-bond acceptors (Lipinski definition) is 3. The first-order valence-corrected chi connectivity index (χ1v) is 6.98. The Bertz CT molecular complexity index is 559. The Morgan fingerprint density at radius 3 is 2.89 bits per heavy atom. The Balaban J connectivity index is 1.62. The molecule has 0 spiro atoms. The summed E-state index contributed by atoms with van der Waals surface area (Å²) >= 11 is 3.45. The Labute approximate surface area is 120 Å². The van der Waals surface area contributed by atoms with Crippen molar-refractivity contribution in [1.82, 2.24) is 0 Å². The monoisotopic (exact) mass is 319 g/mol. The minimum atomic E-state index is 0.0157. The van der Waals surface area contributed by atoms with Gasteiger partial charge in [-0.05, 0) is 30.3 Å². The largest absolute Gasteiger partial charge is 0.490 e. The first-order chi connectivity index (χ1) is 9.31. The third-order valence-electron chi connectivity index (χ3n) is 2.94. The summed E-state index contributed by atoms with van der Waals surface area (Å²) in [6.45, 7) is 1.28. The van der Waals surface area contributed by atoms with Crippen molar-refractivity contribution < 1.29 is 9.47 Å². The van der Waals surface area contributed by atoms with Gasteiger partial charge in [-0.2, -0.15) is 0 Å². The fourth-order valence-electron chi connectivity index (χ4n) is 1.98. The predicted molar refractivity (Wildman–Crippen MR) is 79.0 cm³/mol. The van der Waals surface area contributed by atoms with Gasteiger partial charge in [0.1, 0.15) is 24.2 Å². The lowest BCUT2D eigenvalue weighted by atomic mass is 10.2. The summed E-state index contributed by atoms with van der Waals surface area (Å²) < 4.78 is 12.6. The maximum absolute atomic E-state index is 5.92. The number of anilines is 1.